The third-order valence-corrected chi connectivity index (χ3v) is 2.04. The van der Waals surface area contributed by atoms with E-state index >= 15 is 0 Å². The summed E-state index contributed by atoms with van der Waals surface area (Å²) in [7, 11) is 0. The zero-order valence-electron chi connectivity index (χ0n) is 8.29. The Morgan fingerprint density at radius 3 is 2.31 bits per heavy atom. The third-order valence-electron chi connectivity index (χ3n) is 2.04. The van der Waals surface area contributed by atoms with Crippen molar-refractivity contribution in [2.75, 3.05) is 13.2 Å². The molecule has 1 atom stereocenters. The molecule has 4 nitrogen and oxygen atoms in total. The molecule has 13 heavy (non-hydrogen) atoms. The SMILES string of the molecule is CCC(=O)OCC(C)(CO)C(C)=O. The summed E-state index contributed by atoms with van der Waals surface area (Å²) in [5.74, 6) is -0.542. The van der Waals surface area contributed by atoms with E-state index in [9.17, 15) is 9.59 Å². The minimum Gasteiger partial charge on any atom is -0.465 e. The van der Waals surface area contributed by atoms with Crippen molar-refractivity contribution >= 4 is 11.8 Å². The molecule has 0 aliphatic heterocycles. The molecule has 0 aliphatic carbocycles. The topological polar surface area (TPSA) is 63.6 Å². The van der Waals surface area contributed by atoms with Crippen LogP contribution in [0.3, 0.4) is 0 Å². The summed E-state index contributed by atoms with van der Waals surface area (Å²) in [4.78, 5) is 21.8. The molecule has 4 heteroatoms. The molecule has 0 saturated heterocycles. The van der Waals surface area contributed by atoms with Crippen molar-refractivity contribution in [1.82, 2.24) is 0 Å². The van der Waals surface area contributed by atoms with Crippen LogP contribution in [0, 0.1) is 5.41 Å². The average Bonchev–Trinajstić information content (AvgIpc) is 2.13. The maximum Gasteiger partial charge on any atom is 0.305 e. The Morgan fingerprint density at radius 1 is 1.46 bits per heavy atom. The minimum atomic E-state index is -0.954. The highest BCUT2D eigenvalue weighted by molar-refractivity contribution is 5.82. The summed E-state index contributed by atoms with van der Waals surface area (Å²) < 4.78 is 4.79. The first-order valence-electron chi connectivity index (χ1n) is 4.24. The van der Waals surface area contributed by atoms with Gasteiger partial charge in [0.15, 0.2) is 0 Å². The fourth-order valence-corrected chi connectivity index (χ4v) is 0.600. The van der Waals surface area contributed by atoms with Crippen LogP contribution < -0.4 is 0 Å². The Labute approximate surface area is 77.9 Å². The first-order chi connectivity index (χ1) is 5.96. The quantitative estimate of drug-likeness (QED) is 0.639. The van der Waals surface area contributed by atoms with E-state index < -0.39 is 5.41 Å². The summed E-state index contributed by atoms with van der Waals surface area (Å²) >= 11 is 0. The number of hydrogen-bond acceptors (Lipinski definition) is 4. The molecule has 0 spiro atoms. The van der Waals surface area contributed by atoms with Crippen molar-refractivity contribution in [3.63, 3.8) is 0 Å². The van der Waals surface area contributed by atoms with Crippen LogP contribution in [0.25, 0.3) is 0 Å². The van der Waals surface area contributed by atoms with E-state index in [0.717, 1.165) is 0 Å². The maximum atomic E-state index is 11.0. The van der Waals surface area contributed by atoms with Crippen LogP contribution >= 0.6 is 0 Å². The van der Waals surface area contributed by atoms with Gasteiger partial charge in [0.2, 0.25) is 0 Å². The summed E-state index contributed by atoms with van der Waals surface area (Å²) in [6.45, 7) is 4.26. The van der Waals surface area contributed by atoms with Gasteiger partial charge in [0.05, 0.1) is 12.0 Å². The molecule has 0 aliphatic rings. The lowest BCUT2D eigenvalue weighted by molar-refractivity contribution is -0.150. The van der Waals surface area contributed by atoms with Gasteiger partial charge < -0.3 is 9.84 Å². The average molecular weight is 188 g/mol. The van der Waals surface area contributed by atoms with E-state index in [1.165, 1.54) is 6.92 Å². The van der Waals surface area contributed by atoms with E-state index in [1.54, 1.807) is 13.8 Å². The second-order valence-corrected chi connectivity index (χ2v) is 3.29. The van der Waals surface area contributed by atoms with Crippen LogP contribution in [0.15, 0.2) is 0 Å². The molecule has 0 bridgehead atoms. The summed E-state index contributed by atoms with van der Waals surface area (Å²) in [6, 6.07) is 0. The Balaban J connectivity index is 4.13. The highest BCUT2D eigenvalue weighted by atomic mass is 16.5. The van der Waals surface area contributed by atoms with E-state index in [4.69, 9.17) is 9.84 Å². The maximum absolute atomic E-state index is 11.0. The standard InChI is InChI=1S/C9H16O4/c1-4-8(12)13-6-9(3,5-10)7(2)11/h10H,4-6H2,1-3H3. The molecule has 0 amide bonds. The molecular weight excluding hydrogens is 172 g/mol. The number of ether oxygens (including phenoxy) is 1. The third kappa shape index (κ3) is 3.55. The van der Waals surface area contributed by atoms with Gasteiger partial charge in [-0.3, -0.25) is 9.59 Å². The fraction of sp³-hybridized carbons (Fsp3) is 0.778. The minimum absolute atomic E-state index is 0.0501. The monoisotopic (exact) mass is 188 g/mol. The lowest BCUT2D eigenvalue weighted by Crippen LogP contribution is -2.35. The van der Waals surface area contributed by atoms with Gasteiger partial charge in [0.1, 0.15) is 12.4 Å². The number of esters is 1. The number of aliphatic hydroxyl groups is 1. The smallest absolute Gasteiger partial charge is 0.305 e. The molecule has 1 N–H and O–H groups in total. The van der Waals surface area contributed by atoms with E-state index in [2.05, 4.69) is 0 Å². The molecule has 0 heterocycles. The van der Waals surface area contributed by atoms with Crippen molar-refractivity contribution in [1.29, 1.82) is 0 Å². The first-order valence-corrected chi connectivity index (χ1v) is 4.24. The van der Waals surface area contributed by atoms with Crippen LogP contribution in [0.2, 0.25) is 0 Å². The normalized spacial score (nSPS) is 14.8. The number of Topliss-reactive ketones (excluding diaryl/α,β-unsaturated/α-hetero) is 1. The van der Waals surface area contributed by atoms with Gasteiger partial charge in [-0.2, -0.15) is 0 Å². The van der Waals surface area contributed by atoms with Crippen LogP contribution in [0.4, 0.5) is 0 Å². The van der Waals surface area contributed by atoms with Crippen LogP contribution in [-0.2, 0) is 14.3 Å². The summed E-state index contributed by atoms with van der Waals surface area (Å²) in [5, 5.41) is 8.93. The van der Waals surface area contributed by atoms with Gasteiger partial charge in [-0.1, -0.05) is 6.92 Å². The predicted octanol–water partition coefficient (Wildman–Crippen LogP) is 0.527. The lowest BCUT2D eigenvalue weighted by Gasteiger charge is -2.23. The predicted molar refractivity (Wildman–Crippen MR) is 47.1 cm³/mol. The van der Waals surface area contributed by atoms with E-state index in [-0.39, 0.29) is 31.4 Å². The van der Waals surface area contributed by atoms with Crippen LogP contribution in [0.1, 0.15) is 27.2 Å². The van der Waals surface area contributed by atoms with Crippen molar-refractivity contribution in [2.24, 2.45) is 5.41 Å². The van der Waals surface area contributed by atoms with Crippen LogP contribution in [0.5, 0.6) is 0 Å². The van der Waals surface area contributed by atoms with Gasteiger partial charge in [-0.05, 0) is 13.8 Å². The molecule has 0 saturated carbocycles. The van der Waals surface area contributed by atoms with Crippen molar-refractivity contribution in [2.45, 2.75) is 27.2 Å². The van der Waals surface area contributed by atoms with Gasteiger partial charge >= 0.3 is 5.97 Å². The first kappa shape index (κ1) is 12.1. The molecule has 1 unspecified atom stereocenters. The van der Waals surface area contributed by atoms with E-state index in [1.807, 2.05) is 0 Å². The number of hydrogen-bond donors (Lipinski definition) is 1. The number of rotatable bonds is 5. The molecular formula is C9H16O4. The molecule has 0 radical (unpaired) electrons. The molecule has 0 aromatic carbocycles. The number of carbonyl (C=O) groups excluding carboxylic acids is 2. The number of aliphatic hydroxyl groups excluding tert-OH is 1. The summed E-state index contributed by atoms with van der Waals surface area (Å²) in [5.41, 5.74) is -0.954. The fourth-order valence-electron chi connectivity index (χ4n) is 0.600. The molecule has 0 fully saturated rings. The molecule has 76 valence electrons. The Bertz CT molecular complexity index is 200. The van der Waals surface area contributed by atoms with Crippen LogP contribution in [-0.4, -0.2) is 30.1 Å². The van der Waals surface area contributed by atoms with Gasteiger partial charge in [0.25, 0.3) is 0 Å². The second kappa shape index (κ2) is 4.97. The Hall–Kier alpha value is -0.900. The highest BCUT2D eigenvalue weighted by Crippen LogP contribution is 2.17. The van der Waals surface area contributed by atoms with Crippen molar-refractivity contribution < 1.29 is 19.4 Å². The molecule has 0 aromatic heterocycles. The highest BCUT2D eigenvalue weighted by Gasteiger charge is 2.30. The van der Waals surface area contributed by atoms with Crippen molar-refractivity contribution in [3.05, 3.63) is 0 Å². The number of carbonyl (C=O) groups is 2. The zero-order valence-corrected chi connectivity index (χ0v) is 8.29. The summed E-state index contributed by atoms with van der Waals surface area (Å²) in [6.07, 6.45) is 0.277. The second-order valence-electron chi connectivity index (χ2n) is 3.29. The lowest BCUT2D eigenvalue weighted by atomic mass is 9.88. The van der Waals surface area contributed by atoms with Gasteiger partial charge in [0, 0.05) is 6.42 Å². The van der Waals surface area contributed by atoms with Gasteiger partial charge in [-0.15, -0.1) is 0 Å². The zero-order chi connectivity index (χ0) is 10.5. The molecule has 0 rings (SSSR count). The largest absolute Gasteiger partial charge is 0.465 e. The van der Waals surface area contributed by atoms with Crippen molar-refractivity contribution in [3.8, 4) is 0 Å². The number of ketones is 1. The Kier molecular flexibility index (Phi) is 4.62. The molecule has 0 aromatic rings. The van der Waals surface area contributed by atoms with Gasteiger partial charge in [-0.25, -0.2) is 0 Å². The van der Waals surface area contributed by atoms with E-state index in [0.29, 0.717) is 0 Å². The Morgan fingerprint density at radius 2 is 2.00 bits per heavy atom.